The van der Waals surface area contributed by atoms with E-state index in [1.807, 2.05) is 37.3 Å². The number of hydrogen-bond acceptors (Lipinski definition) is 4. The number of ether oxygens (including phenoxy) is 1. The Labute approximate surface area is 127 Å². The van der Waals surface area contributed by atoms with Gasteiger partial charge in [0.25, 0.3) is 0 Å². The molecule has 4 heteroatoms. The van der Waals surface area contributed by atoms with E-state index in [0.717, 1.165) is 31.6 Å². The molecule has 1 aromatic rings. The molecule has 1 fully saturated rings. The predicted molar refractivity (Wildman–Crippen MR) is 85.4 cm³/mol. The van der Waals surface area contributed by atoms with Gasteiger partial charge in [0.1, 0.15) is 5.54 Å². The number of benzene rings is 1. The van der Waals surface area contributed by atoms with Crippen molar-refractivity contribution in [3.63, 3.8) is 0 Å². The van der Waals surface area contributed by atoms with E-state index in [4.69, 9.17) is 4.74 Å². The zero-order valence-electron chi connectivity index (χ0n) is 13.3. The summed E-state index contributed by atoms with van der Waals surface area (Å²) in [6.45, 7) is 8.50. The van der Waals surface area contributed by atoms with E-state index in [9.17, 15) is 4.79 Å². The first-order valence-corrected chi connectivity index (χ1v) is 7.82. The molecule has 0 radical (unpaired) electrons. The molecule has 2 rings (SSSR count). The molecule has 1 N–H and O–H groups in total. The van der Waals surface area contributed by atoms with E-state index in [-0.39, 0.29) is 5.97 Å². The molecule has 1 heterocycles. The molecule has 116 valence electrons. The van der Waals surface area contributed by atoms with E-state index in [0.29, 0.717) is 12.6 Å². The fourth-order valence-electron chi connectivity index (χ4n) is 2.87. The number of nitrogens with one attached hydrogen (secondary N) is 1. The van der Waals surface area contributed by atoms with Gasteiger partial charge in [-0.25, -0.2) is 4.79 Å². The van der Waals surface area contributed by atoms with Gasteiger partial charge in [-0.3, -0.25) is 0 Å². The second-order valence-corrected chi connectivity index (χ2v) is 5.92. The van der Waals surface area contributed by atoms with Gasteiger partial charge < -0.3 is 15.0 Å². The van der Waals surface area contributed by atoms with E-state index in [1.54, 1.807) is 0 Å². The van der Waals surface area contributed by atoms with E-state index < -0.39 is 5.54 Å². The van der Waals surface area contributed by atoms with Crippen LogP contribution in [0.5, 0.6) is 0 Å². The van der Waals surface area contributed by atoms with Crippen LogP contribution in [0.25, 0.3) is 0 Å². The number of esters is 1. The molecule has 0 amide bonds. The number of nitrogens with zero attached hydrogens (tertiary/aromatic N) is 1. The Kier molecular flexibility index (Phi) is 5.23. The molecule has 0 spiro atoms. The fourth-order valence-corrected chi connectivity index (χ4v) is 2.87. The van der Waals surface area contributed by atoms with E-state index in [2.05, 4.69) is 24.1 Å². The highest BCUT2D eigenvalue weighted by molar-refractivity contribution is 5.84. The lowest BCUT2D eigenvalue weighted by atomic mass is 9.86. The summed E-state index contributed by atoms with van der Waals surface area (Å²) in [5, 5.41) is 3.44. The van der Waals surface area contributed by atoms with Crippen LogP contribution in [0.2, 0.25) is 0 Å². The average molecular weight is 290 g/mol. The summed E-state index contributed by atoms with van der Waals surface area (Å²) in [6, 6.07) is 10.4. The smallest absolute Gasteiger partial charge is 0.331 e. The largest absolute Gasteiger partial charge is 0.464 e. The summed E-state index contributed by atoms with van der Waals surface area (Å²) in [6.07, 6.45) is 1.55. The van der Waals surface area contributed by atoms with Crippen LogP contribution in [0, 0.1) is 0 Å². The van der Waals surface area contributed by atoms with Crippen molar-refractivity contribution in [1.29, 1.82) is 0 Å². The fraction of sp³-hybridized carbons (Fsp3) is 0.588. The normalized spacial score (nSPS) is 18.5. The van der Waals surface area contributed by atoms with Crippen molar-refractivity contribution in [2.24, 2.45) is 0 Å². The van der Waals surface area contributed by atoms with Crippen molar-refractivity contribution in [3.05, 3.63) is 30.3 Å². The van der Waals surface area contributed by atoms with Crippen LogP contribution in [0.4, 0.5) is 5.69 Å². The predicted octanol–water partition coefficient (Wildman–Crippen LogP) is 2.90. The summed E-state index contributed by atoms with van der Waals surface area (Å²) in [7, 11) is 0. The molecule has 0 unspecified atom stereocenters. The Hall–Kier alpha value is -1.55. The molecular weight excluding hydrogens is 264 g/mol. The summed E-state index contributed by atoms with van der Waals surface area (Å²) in [5.74, 6) is -0.128. The van der Waals surface area contributed by atoms with Crippen LogP contribution in [0.1, 0.15) is 33.6 Å². The SMILES string of the molecule is CCOC(=O)C1(Nc2ccccc2)CCN(C(C)C)CC1. The van der Waals surface area contributed by atoms with Gasteiger partial charge in [0.05, 0.1) is 6.61 Å². The lowest BCUT2D eigenvalue weighted by molar-refractivity contribution is -0.150. The number of rotatable bonds is 5. The van der Waals surface area contributed by atoms with Gasteiger partial charge in [0, 0.05) is 24.8 Å². The molecular formula is C17H26N2O2. The second-order valence-electron chi connectivity index (χ2n) is 5.92. The Morgan fingerprint density at radius 1 is 1.29 bits per heavy atom. The zero-order chi connectivity index (χ0) is 15.3. The van der Waals surface area contributed by atoms with Crippen LogP contribution in [0.3, 0.4) is 0 Å². The molecule has 0 atom stereocenters. The lowest BCUT2D eigenvalue weighted by Crippen LogP contribution is -2.56. The van der Waals surface area contributed by atoms with Crippen molar-refractivity contribution < 1.29 is 9.53 Å². The monoisotopic (exact) mass is 290 g/mol. The molecule has 0 saturated carbocycles. The Morgan fingerprint density at radius 3 is 2.43 bits per heavy atom. The second kappa shape index (κ2) is 6.94. The van der Waals surface area contributed by atoms with Crippen LogP contribution >= 0.6 is 0 Å². The third kappa shape index (κ3) is 3.76. The van der Waals surface area contributed by atoms with Crippen LogP contribution in [-0.4, -0.2) is 42.1 Å². The molecule has 0 aromatic heterocycles. The van der Waals surface area contributed by atoms with Crippen molar-refractivity contribution >= 4 is 11.7 Å². The van der Waals surface area contributed by atoms with Gasteiger partial charge in [-0.15, -0.1) is 0 Å². The Morgan fingerprint density at radius 2 is 1.90 bits per heavy atom. The zero-order valence-corrected chi connectivity index (χ0v) is 13.3. The minimum absolute atomic E-state index is 0.128. The first-order valence-electron chi connectivity index (χ1n) is 7.82. The van der Waals surface area contributed by atoms with Gasteiger partial charge in [0.2, 0.25) is 0 Å². The highest BCUT2D eigenvalue weighted by Gasteiger charge is 2.43. The highest BCUT2D eigenvalue weighted by atomic mass is 16.5. The number of carbonyl (C=O) groups is 1. The van der Waals surface area contributed by atoms with Crippen molar-refractivity contribution in [2.45, 2.75) is 45.2 Å². The maximum atomic E-state index is 12.5. The van der Waals surface area contributed by atoms with Crippen molar-refractivity contribution in [3.8, 4) is 0 Å². The molecule has 0 aliphatic carbocycles. The lowest BCUT2D eigenvalue weighted by Gasteiger charge is -2.42. The van der Waals surface area contributed by atoms with Crippen LogP contribution in [0.15, 0.2) is 30.3 Å². The highest BCUT2D eigenvalue weighted by Crippen LogP contribution is 2.29. The number of para-hydroxylation sites is 1. The molecule has 1 aromatic carbocycles. The molecule has 1 saturated heterocycles. The minimum atomic E-state index is -0.594. The van der Waals surface area contributed by atoms with E-state index in [1.165, 1.54) is 0 Å². The van der Waals surface area contributed by atoms with Gasteiger partial charge in [-0.1, -0.05) is 18.2 Å². The number of hydrogen-bond donors (Lipinski definition) is 1. The molecule has 1 aliphatic rings. The molecule has 0 bridgehead atoms. The van der Waals surface area contributed by atoms with E-state index >= 15 is 0 Å². The number of likely N-dealkylation sites (tertiary alicyclic amines) is 1. The molecule has 1 aliphatic heterocycles. The molecule has 21 heavy (non-hydrogen) atoms. The number of carbonyl (C=O) groups excluding carboxylic acids is 1. The van der Waals surface area contributed by atoms with Crippen molar-refractivity contribution in [2.75, 3.05) is 25.0 Å². The summed E-state index contributed by atoms with van der Waals surface area (Å²) < 4.78 is 5.33. The van der Waals surface area contributed by atoms with Gasteiger partial charge in [-0.05, 0) is 45.7 Å². The van der Waals surface area contributed by atoms with Crippen LogP contribution < -0.4 is 5.32 Å². The summed E-state index contributed by atoms with van der Waals surface area (Å²) in [5.41, 5.74) is 0.381. The maximum Gasteiger partial charge on any atom is 0.331 e. The topological polar surface area (TPSA) is 41.6 Å². The first kappa shape index (κ1) is 15.8. The maximum absolute atomic E-state index is 12.5. The quantitative estimate of drug-likeness (QED) is 0.847. The van der Waals surface area contributed by atoms with Gasteiger partial charge in [0.15, 0.2) is 0 Å². The standard InChI is InChI=1S/C17H26N2O2/c1-4-21-16(20)17(18-15-8-6-5-7-9-15)10-12-19(13-11-17)14(2)3/h5-9,14,18H,4,10-13H2,1-3H3. The number of piperidine rings is 1. The Bertz CT molecular complexity index is 451. The van der Waals surface area contributed by atoms with Gasteiger partial charge in [-0.2, -0.15) is 0 Å². The summed E-state index contributed by atoms with van der Waals surface area (Å²) in [4.78, 5) is 14.9. The third-order valence-corrected chi connectivity index (χ3v) is 4.21. The third-order valence-electron chi connectivity index (χ3n) is 4.21. The number of anilines is 1. The van der Waals surface area contributed by atoms with Crippen molar-refractivity contribution in [1.82, 2.24) is 4.90 Å². The molecule has 4 nitrogen and oxygen atoms in total. The first-order chi connectivity index (χ1) is 10.1. The van der Waals surface area contributed by atoms with Gasteiger partial charge >= 0.3 is 5.97 Å². The summed E-state index contributed by atoms with van der Waals surface area (Å²) >= 11 is 0. The average Bonchev–Trinajstić information content (AvgIpc) is 2.49. The van der Waals surface area contributed by atoms with Crippen LogP contribution in [-0.2, 0) is 9.53 Å². The minimum Gasteiger partial charge on any atom is -0.464 e. The Balaban J connectivity index is 2.15.